The van der Waals surface area contributed by atoms with Crippen molar-refractivity contribution >= 4 is 47.3 Å². The number of hydrogen-bond donors (Lipinski definition) is 2. The third-order valence-electron chi connectivity index (χ3n) is 9.93. The van der Waals surface area contributed by atoms with Gasteiger partial charge in [-0.1, -0.05) is 76.9 Å². The number of carbonyl (C=O) groups is 8. The van der Waals surface area contributed by atoms with Gasteiger partial charge >= 0.3 is 0 Å². The zero-order chi connectivity index (χ0) is 44.8. The third-order valence-corrected chi connectivity index (χ3v) is 9.93. The number of hydrogen-bond acceptors (Lipinski definition) is 9. The number of unbranched alkanes of at least 4 members (excludes halogenated alkanes) is 12. The second-order valence-corrected chi connectivity index (χ2v) is 15.6. The Kier molecular flexibility index (Phi) is 29.8. The van der Waals surface area contributed by atoms with Crippen molar-refractivity contribution in [2.45, 2.75) is 96.8 Å². The van der Waals surface area contributed by atoms with Gasteiger partial charge in [0.1, 0.15) is 0 Å². The van der Waals surface area contributed by atoms with Crippen LogP contribution in [-0.4, -0.2) is 197 Å². The Labute approximate surface area is 354 Å². The molecule has 8 amide bonds. The second-order valence-electron chi connectivity index (χ2n) is 15.6. The monoisotopic (exact) mass is 836 g/mol. The Morgan fingerprint density at radius 3 is 1.02 bits per heavy atom. The van der Waals surface area contributed by atoms with Crippen LogP contribution < -0.4 is 10.6 Å². The molecule has 59 heavy (non-hydrogen) atoms. The van der Waals surface area contributed by atoms with Crippen molar-refractivity contribution < 1.29 is 38.4 Å². The summed E-state index contributed by atoms with van der Waals surface area (Å²) in [6.07, 6.45) is 21.6. The Hall–Kier alpha value is -4.54. The Bertz CT molecular complexity index is 1340. The van der Waals surface area contributed by atoms with Crippen molar-refractivity contribution in [3.63, 3.8) is 0 Å². The number of carbonyl (C=O) groups excluding carboxylic acids is 8. The van der Waals surface area contributed by atoms with Crippen LogP contribution in [0, 0.1) is 0 Å². The molecule has 0 aromatic heterocycles. The summed E-state index contributed by atoms with van der Waals surface area (Å²) in [5.74, 6) is -3.57. The van der Waals surface area contributed by atoms with Crippen molar-refractivity contribution in [1.82, 2.24) is 44.9 Å². The summed E-state index contributed by atoms with van der Waals surface area (Å²) in [4.78, 5) is 109. The standard InChI is InChI=1S/C42H77N9O8/c1-10-11-12-13-14-15-16-17-18-19-20-21-22-23-24-25-26-44-35(52)28-45(3)37(54)30-47(5)39(56)32-49(7)41(58)34-51(9)42(59)33-50(8)40(57)31-48(6)38(55)29-46(4)36(53)27-43-2/h17-18,43H,10-16,19-34H2,1-9H3,(H,44,52)/b18-17+. The maximum absolute atomic E-state index is 12.8. The van der Waals surface area contributed by atoms with Gasteiger partial charge in [-0.05, 0) is 39.2 Å². The van der Waals surface area contributed by atoms with E-state index in [2.05, 4.69) is 29.7 Å². The van der Waals surface area contributed by atoms with Gasteiger partial charge in [-0.15, -0.1) is 0 Å². The van der Waals surface area contributed by atoms with Crippen LogP contribution in [0.2, 0.25) is 0 Å². The molecular formula is C42H77N9O8. The van der Waals surface area contributed by atoms with Gasteiger partial charge in [0.15, 0.2) is 0 Å². The SMILES string of the molecule is CCCCCCCC/C=C/CCCCCCCCNC(=O)CN(C)C(=O)CN(C)C(=O)CN(C)C(=O)CN(C)C(=O)CN(C)C(=O)CN(C)C(=O)CN(C)C(=O)CNC. The lowest BCUT2D eigenvalue weighted by Crippen LogP contribution is -2.49. The quantitative estimate of drug-likeness (QED) is 0.0751. The van der Waals surface area contributed by atoms with E-state index in [1.165, 1.54) is 128 Å². The van der Waals surface area contributed by atoms with Crippen LogP contribution in [0.15, 0.2) is 12.2 Å². The molecule has 0 aliphatic rings. The first-order chi connectivity index (χ1) is 27.9. The predicted octanol–water partition coefficient (Wildman–Crippen LogP) is 1.57. The Morgan fingerprint density at radius 2 is 0.678 bits per heavy atom. The fourth-order valence-electron chi connectivity index (χ4n) is 5.72. The van der Waals surface area contributed by atoms with Crippen molar-refractivity contribution in [3.05, 3.63) is 12.2 Å². The van der Waals surface area contributed by atoms with Crippen LogP contribution in [0.4, 0.5) is 0 Å². The molecule has 338 valence electrons. The number of amides is 8. The molecular weight excluding hydrogens is 759 g/mol. The van der Waals surface area contributed by atoms with E-state index in [-0.39, 0.29) is 64.2 Å². The molecule has 17 heteroatoms. The number of likely N-dealkylation sites (N-methyl/N-ethyl adjacent to an activating group) is 8. The summed E-state index contributed by atoms with van der Waals surface area (Å²) >= 11 is 0. The zero-order valence-corrected chi connectivity index (χ0v) is 37.8. The fraction of sp³-hybridized carbons (Fsp3) is 0.762. The highest BCUT2D eigenvalue weighted by molar-refractivity contribution is 5.92. The van der Waals surface area contributed by atoms with E-state index in [1.54, 1.807) is 7.05 Å². The highest BCUT2D eigenvalue weighted by Crippen LogP contribution is 2.10. The Morgan fingerprint density at radius 1 is 0.390 bits per heavy atom. The lowest BCUT2D eigenvalue weighted by atomic mass is 10.1. The normalized spacial score (nSPS) is 10.9. The maximum Gasteiger partial charge on any atom is 0.242 e. The first kappa shape index (κ1) is 54.5. The van der Waals surface area contributed by atoms with Gasteiger partial charge in [0.25, 0.3) is 0 Å². The van der Waals surface area contributed by atoms with E-state index >= 15 is 0 Å². The minimum absolute atomic E-state index is 0.0659. The van der Waals surface area contributed by atoms with E-state index in [9.17, 15) is 38.4 Å². The minimum Gasteiger partial charge on any atom is -0.355 e. The van der Waals surface area contributed by atoms with E-state index < -0.39 is 35.4 Å². The lowest BCUT2D eigenvalue weighted by molar-refractivity contribution is -0.146. The van der Waals surface area contributed by atoms with E-state index in [0.29, 0.717) is 6.54 Å². The molecule has 0 aromatic carbocycles. The fourth-order valence-corrected chi connectivity index (χ4v) is 5.72. The van der Waals surface area contributed by atoms with E-state index in [1.807, 2.05) is 0 Å². The minimum atomic E-state index is -0.543. The smallest absolute Gasteiger partial charge is 0.242 e. The van der Waals surface area contributed by atoms with E-state index in [4.69, 9.17) is 0 Å². The molecule has 0 aliphatic carbocycles. The van der Waals surface area contributed by atoms with Crippen molar-refractivity contribution in [1.29, 1.82) is 0 Å². The molecule has 0 saturated carbocycles. The van der Waals surface area contributed by atoms with Gasteiger partial charge in [-0.2, -0.15) is 0 Å². The molecule has 0 radical (unpaired) electrons. The van der Waals surface area contributed by atoms with Gasteiger partial charge in [-0.3, -0.25) is 38.4 Å². The molecule has 0 saturated heterocycles. The molecule has 0 fully saturated rings. The summed E-state index contributed by atoms with van der Waals surface area (Å²) in [7, 11) is 11.6. The van der Waals surface area contributed by atoms with E-state index in [0.717, 1.165) is 45.3 Å². The summed E-state index contributed by atoms with van der Waals surface area (Å²) in [6.45, 7) is 0.815. The number of nitrogens with zero attached hydrogens (tertiary/aromatic N) is 7. The van der Waals surface area contributed by atoms with Gasteiger partial charge in [0.05, 0.1) is 52.4 Å². The largest absolute Gasteiger partial charge is 0.355 e. The van der Waals surface area contributed by atoms with Gasteiger partial charge < -0.3 is 44.9 Å². The van der Waals surface area contributed by atoms with Gasteiger partial charge in [0, 0.05) is 55.9 Å². The lowest BCUT2D eigenvalue weighted by Gasteiger charge is -2.27. The first-order valence-electron chi connectivity index (χ1n) is 21.2. The molecule has 0 rings (SSSR count). The van der Waals surface area contributed by atoms with Crippen molar-refractivity contribution in [3.8, 4) is 0 Å². The molecule has 17 nitrogen and oxygen atoms in total. The van der Waals surface area contributed by atoms with Gasteiger partial charge in [0.2, 0.25) is 47.3 Å². The summed E-state index contributed by atoms with van der Waals surface area (Å²) < 4.78 is 0. The molecule has 0 spiro atoms. The summed E-state index contributed by atoms with van der Waals surface area (Å²) in [6, 6.07) is 0. The topological polar surface area (TPSA) is 183 Å². The molecule has 0 aliphatic heterocycles. The molecule has 0 bridgehead atoms. The molecule has 0 atom stereocenters. The summed E-state index contributed by atoms with van der Waals surface area (Å²) in [5, 5.41) is 5.56. The summed E-state index contributed by atoms with van der Waals surface area (Å²) in [5.41, 5.74) is 0. The first-order valence-corrected chi connectivity index (χ1v) is 21.2. The molecule has 2 N–H and O–H groups in total. The predicted molar refractivity (Wildman–Crippen MR) is 230 cm³/mol. The van der Waals surface area contributed by atoms with Crippen LogP contribution in [0.5, 0.6) is 0 Å². The maximum atomic E-state index is 12.8. The van der Waals surface area contributed by atoms with Crippen LogP contribution in [0.25, 0.3) is 0 Å². The molecule has 0 unspecified atom stereocenters. The van der Waals surface area contributed by atoms with Crippen molar-refractivity contribution in [2.75, 3.05) is 115 Å². The number of nitrogens with one attached hydrogen (secondary N) is 2. The average molecular weight is 836 g/mol. The van der Waals surface area contributed by atoms with Crippen molar-refractivity contribution in [2.24, 2.45) is 0 Å². The highest BCUT2D eigenvalue weighted by atomic mass is 16.2. The Balaban J connectivity index is 4.36. The van der Waals surface area contributed by atoms with Gasteiger partial charge in [-0.25, -0.2) is 0 Å². The third kappa shape index (κ3) is 26.2. The molecule has 0 heterocycles. The van der Waals surface area contributed by atoms with Crippen LogP contribution in [0.1, 0.15) is 96.8 Å². The second kappa shape index (κ2) is 32.3. The zero-order valence-electron chi connectivity index (χ0n) is 37.8. The van der Waals surface area contributed by atoms with Crippen LogP contribution in [-0.2, 0) is 38.4 Å². The average Bonchev–Trinajstić information content (AvgIpc) is 3.18. The number of rotatable bonds is 32. The number of allylic oxidation sites excluding steroid dienone is 2. The molecule has 0 aromatic rings. The highest BCUT2D eigenvalue weighted by Gasteiger charge is 2.24. The van der Waals surface area contributed by atoms with Crippen LogP contribution >= 0.6 is 0 Å². The van der Waals surface area contributed by atoms with Crippen LogP contribution in [0.3, 0.4) is 0 Å².